The molecule has 0 spiro atoms. The van der Waals surface area contributed by atoms with E-state index >= 15 is 0 Å². The van der Waals surface area contributed by atoms with E-state index in [4.69, 9.17) is 0 Å². The van der Waals surface area contributed by atoms with Crippen LogP contribution in [0.2, 0.25) is 0 Å². The molecule has 2 rings (SSSR count). The predicted molar refractivity (Wildman–Crippen MR) is 71.5 cm³/mol. The Morgan fingerprint density at radius 3 is 2.50 bits per heavy atom. The van der Waals surface area contributed by atoms with E-state index in [0.717, 1.165) is 11.3 Å². The van der Waals surface area contributed by atoms with Gasteiger partial charge in [-0.05, 0) is 24.6 Å². The van der Waals surface area contributed by atoms with Crippen molar-refractivity contribution >= 4 is 17.6 Å². The first-order chi connectivity index (χ1) is 8.68. The molecule has 90 valence electrons. The fraction of sp³-hybridized carbons (Fsp3) is 0.0714. The average Bonchev–Trinajstić information content (AvgIpc) is 2.38. The summed E-state index contributed by atoms with van der Waals surface area (Å²) in [6.07, 6.45) is 1.53. The number of para-hydroxylation sites is 2. The van der Waals surface area contributed by atoms with Crippen molar-refractivity contribution < 1.29 is 4.92 Å². The first-order valence-corrected chi connectivity index (χ1v) is 5.51. The largest absolute Gasteiger partial charge is 0.278 e. The molecule has 18 heavy (non-hydrogen) atoms. The number of aliphatic imine (C=N–C) groups is 1. The van der Waals surface area contributed by atoms with Gasteiger partial charge in [-0.3, -0.25) is 15.1 Å². The Kier molecular flexibility index (Phi) is 3.48. The van der Waals surface area contributed by atoms with Crippen LogP contribution in [0.3, 0.4) is 0 Å². The molecule has 0 fully saturated rings. The third-order valence-corrected chi connectivity index (χ3v) is 2.59. The van der Waals surface area contributed by atoms with Gasteiger partial charge in [0.05, 0.1) is 16.2 Å². The molecule has 4 heteroatoms. The topological polar surface area (TPSA) is 55.5 Å². The van der Waals surface area contributed by atoms with E-state index in [1.54, 1.807) is 18.2 Å². The highest BCUT2D eigenvalue weighted by atomic mass is 16.6. The van der Waals surface area contributed by atoms with Crippen LogP contribution in [0.15, 0.2) is 53.5 Å². The van der Waals surface area contributed by atoms with Crippen molar-refractivity contribution in [2.45, 2.75) is 6.92 Å². The zero-order valence-electron chi connectivity index (χ0n) is 9.91. The molecule has 0 saturated heterocycles. The second-order valence-corrected chi connectivity index (χ2v) is 3.86. The predicted octanol–water partition coefficient (Wildman–Crippen LogP) is 3.65. The van der Waals surface area contributed by atoms with Crippen molar-refractivity contribution in [2.75, 3.05) is 0 Å². The SMILES string of the molecule is Cc1ccccc1N=Cc1ccccc1[N+](=O)[O-]. The zero-order valence-corrected chi connectivity index (χ0v) is 9.91. The number of nitro benzene ring substituents is 1. The Bertz CT molecular complexity index is 606. The fourth-order valence-electron chi connectivity index (χ4n) is 1.61. The van der Waals surface area contributed by atoms with Crippen LogP contribution in [0.1, 0.15) is 11.1 Å². The second kappa shape index (κ2) is 5.23. The molecule has 0 aliphatic rings. The van der Waals surface area contributed by atoms with Gasteiger partial charge in [0.1, 0.15) is 0 Å². The minimum absolute atomic E-state index is 0.0647. The first kappa shape index (κ1) is 12.0. The van der Waals surface area contributed by atoms with Crippen molar-refractivity contribution in [3.8, 4) is 0 Å². The van der Waals surface area contributed by atoms with Gasteiger partial charge in [-0.15, -0.1) is 0 Å². The van der Waals surface area contributed by atoms with Gasteiger partial charge in [-0.25, -0.2) is 0 Å². The third-order valence-electron chi connectivity index (χ3n) is 2.59. The molecule has 0 radical (unpaired) electrons. The molecular formula is C14H12N2O2. The maximum atomic E-state index is 10.8. The van der Waals surface area contributed by atoms with Crippen LogP contribution in [0, 0.1) is 17.0 Å². The fourth-order valence-corrected chi connectivity index (χ4v) is 1.61. The number of nitrogens with zero attached hydrogens (tertiary/aromatic N) is 2. The van der Waals surface area contributed by atoms with Crippen LogP contribution in [0.4, 0.5) is 11.4 Å². The Labute approximate surface area is 105 Å². The summed E-state index contributed by atoms with van der Waals surface area (Å²) in [7, 11) is 0. The van der Waals surface area contributed by atoms with Gasteiger partial charge in [-0.1, -0.05) is 30.3 Å². The Morgan fingerprint density at radius 2 is 1.78 bits per heavy atom. The molecule has 0 aliphatic carbocycles. The van der Waals surface area contributed by atoms with Crippen molar-refractivity contribution in [2.24, 2.45) is 4.99 Å². The lowest BCUT2D eigenvalue weighted by atomic mass is 10.2. The summed E-state index contributed by atoms with van der Waals surface area (Å²) in [4.78, 5) is 14.7. The molecule has 4 nitrogen and oxygen atoms in total. The van der Waals surface area contributed by atoms with Crippen molar-refractivity contribution in [3.05, 3.63) is 69.8 Å². The van der Waals surface area contributed by atoms with Gasteiger partial charge in [0.2, 0.25) is 0 Å². The minimum Gasteiger partial charge on any atom is -0.258 e. The van der Waals surface area contributed by atoms with Crippen molar-refractivity contribution in [1.29, 1.82) is 0 Å². The minimum atomic E-state index is -0.404. The maximum absolute atomic E-state index is 10.8. The molecule has 0 N–H and O–H groups in total. The summed E-state index contributed by atoms with van der Waals surface area (Å²) in [5.74, 6) is 0. The second-order valence-electron chi connectivity index (χ2n) is 3.86. The van der Waals surface area contributed by atoms with E-state index in [-0.39, 0.29) is 5.69 Å². The molecule has 2 aromatic carbocycles. The maximum Gasteiger partial charge on any atom is 0.278 e. The summed E-state index contributed by atoms with van der Waals surface area (Å²) in [5, 5.41) is 10.8. The average molecular weight is 240 g/mol. The lowest BCUT2D eigenvalue weighted by Gasteiger charge is -1.99. The zero-order chi connectivity index (χ0) is 13.0. The monoisotopic (exact) mass is 240 g/mol. The van der Waals surface area contributed by atoms with Crippen LogP contribution in [0.25, 0.3) is 0 Å². The number of benzene rings is 2. The van der Waals surface area contributed by atoms with Crippen LogP contribution in [-0.2, 0) is 0 Å². The third kappa shape index (κ3) is 2.60. The number of rotatable bonds is 3. The quantitative estimate of drug-likeness (QED) is 0.467. The highest BCUT2D eigenvalue weighted by molar-refractivity contribution is 5.87. The molecule has 0 aliphatic heterocycles. The molecule has 0 unspecified atom stereocenters. The number of aryl methyl sites for hydroxylation is 1. The molecule has 0 amide bonds. The normalized spacial score (nSPS) is 10.7. The number of nitro groups is 1. The molecule has 0 atom stereocenters. The molecule has 0 saturated carbocycles. The van der Waals surface area contributed by atoms with Gasteiger partial charge in [-0.2, -0.15) is 0 Å². The highest BCUT2D eigenvalue weighted by Gasteiger charge is 2.09. The van der Waals surface area contributed by atoms with Crippen LogP contribution >= 0.6 is 0 Å². The lowest BCUT2D eigenvalue weighted by Crippen LogP contribution is -1.93. The van der Waals surface area contributed by atoms with Crippen molar-refractivity contribution in [1.82, 2.24) is 0 Å². The summed E-state index contributed by atoms with van der Waals surface area (Å²) in [6, 6.07) is 14.2. The first-order valence-electron chi connectivity index (χ1n) is 5.51. The van der Waals surface area contributed by atoms with Crippen LogP contribution in [-0.4, -0.2) is 11.1 Å². The Morgan fingerprint density at radius 1 is 1.11 bits per heavy atom. The summed E-state index contributed by atoms with van der Waals surface area (Å²) in [6.45, 7) is 1.95. The van der Waals surface area contributed by atoms with Crippen LogP contribution in [0.5, 0.6) is 0 Å². The van der Waals surface area contributed by atoms with Gasteiger partial charge in [0.25, 0.3) is 5.69 Å². The number of hydrogen-bond acceptors (Lipinski definition) is 3. The molecule has 0 bridgehead atoms. The molecular weight excluding hydrogens is 228 g/mol. The van der Waals surface area contributed by atoms with E-state index < -0.39 is 4.92 Å². The number of hydrogen-bond donors (Lipinski definition) is 0. The van der Waals surface area contributed by atoms with E-state index in [1.165, 1.54) is 12.3 Å². The summed E-state index contributed by atoms with van der Waals surface area (Å²) >= 11 is 0. The molecule has 0 heterocycles. The molecule has 2 aromatic rings. The lowest BCUT2D eigenvalue weighted by molar-refractivity contribution is -0.385. The van der Waals surface area contributed by atoms with Crippen LogP contribution < -0.4 is 0 Å². The summed E-state index contributed by atoms with van der Waals surface area (Å²) < 4.78 is 0. The standard InChI is InChI=1S/C14H12N2O2/c1-11-6-2-4-8-13(11)15-10-12-7-3-5-9-14(12)16(17)18/h2-10H,1H3. The Hall–Kier alpha value is -2.49. The van der Waals surface area contributed by atoms with Crippen molar-refractivity contribution in [3.63, 3.8) is 0 Å². The van der Waals surface area contributed by atoms with E-state index in [9.17, 15) is 10.1 Å². The highest BCUT2D eigenvalue weighted by Crippen LogP contribution is 2.19. The van der Waals surface area contributed by atoms with E-state index in [0.29, 0.717) is 5.56 Å². The molecule has 0 aromatic heterocycles. The van der Waals surface area contributed by atoms with Gasteiger partial charge < -0.3 is 0 Å². The van der Waals surface area contributed by atoms with Gasteiger partial charge >= 0.3 is 0 Å². The smallest absolute Gasteiger partial charge is 0.258 e. The van der Waals surface area contributed by atoms with E-state index in [2.05, 4.69) is 4.99 Å². The van der Waals surface area contributed by atoms with Gasteiger partial charge in [0, 0.05) is 12.3 Å². The van der Waals surface area contributed by atoms with E-state index in [1.807, 2.05) is 31.2 Å². The Balaban J connectivity index is 2.35. The van der Waals surface area contributed by atoms with Gasteiger partial charge in [0.15, 0.2) is 0 Å². The summed E-state index contributed by atoms with van der Waals surface area (Å²) in [5.41, 5.74) is 2.42.